The van der Waals surface area contributed by atoms with Crippen molar-refractivity contribution < 1.29 is 4.74 Å². The number of nitrogens with zero attached hydrogens (tertiary/aromatic N) is 2. The van der Waals surface area contributed by atoms with Crippen molar-refractivity contribution in [3.05, 3.63) is 47.7 Å². The standard InChI is InChI=1S/C16H22N4O/c1-13-4-6-14(7-5-13)12-19-15-8-10-18-16(20-15)17-9-3-11-21-2/h4-8,10H,3,9,11-12H2,1-2H3,(H2,17,18,19,20). The summed E-state index contributed by atoms with van der Waals surface area (Å²) in [6.45, 7) is 4.37. The quantitative estimate of drug-likeness (QED) is 0.731. The Morgan fingerprint density at radius 1 is 1.10 bits per heavy atom. The van der Waals surface area contributed by atoms with Crippen LogP contribution in [-0.4, -0.2) is 30.2 Å². The number of hydrogen-bond donors (Lipinski definition) is 2. The molecule has 1 aromatic heterocycles. The number of nitrogens with one attached hydrogen (secondary N) is 2. The second-order valence-electron chi connectivity index (χ2n) is 4.88. The third-order valence-electron chi connectivity index (χ3n) is 3.06. The Hall–Kier alpha value is -2.14. The normalized spacial score (nSPS) is 10.4. The fraction of sp³-hybridized carbons (Fsp3) is 0.375. The van der Waals surface area contributed by atoms with E-state index in [1.54, 1.807) is 13.3 Å². The fourth-order valence-electron chi connectivity index (χ4n) is 1.86. The van der Waals surface area contributed by atoms with E-state index in [1.165, 1.54) is 11.1 Å². The van der Waals surface area contributed by atoms with Crippen LogP contribution in [0.25, 0.3) is 0 Å². The maximum absolute atomic E-state index is 5.01. The molecule has 5 nitrogen and oxygen atoms in total. The lowest BCUT2D eigenvalue weighted by atomic mass is 10.1. The van der Waals surface area contributed by atoms with Gasteiger partial charge in [0.1, 0.15) is 5.82 Å². The Bertz CT molecular complexity index is 542. The number of ether oxygens (including phenoxy) is 1. The number of anilines is 2. The van der Waals surface area contributed by atoms with Gasteiger partial charge in [-0.3, -0.25) is 0 Å². The van der Waals surface area contributed by atoms with E-state index in [4.69, 9.17) is 4.74 Å². The zero-order chi connectivity index (χ0) is 14.9. The van der Waals surface area contributed by atoms with Gasteiger partial charge in [0.05, 0.1) is 0 Å². The van der Waals surface area contributed by atoms with Crippen LogP contribution in [0.3, 0.4) is 0 Å². The van der Waals surface area contributed by atoms with Crippen LogP contribution in [0.2, 0.25) is 0 Å². The monoisotopic (exact) mass is 286 g/mol. The topological polar surface area (TPSA) is 59.1 Å². The Balaban J connectivity index is 1.84. The van der Waals surface area contributed by atoms with E-state index >= 15 is 0 Å². The van der Waals surface area contributed by atoms with Crippen molar-refractivity contribution in [2.45, 2.75) is 19.9 Å². The van der Waals surface area contributed by atoms with Crippen LogP contribution >= 0.6 is 0 Å². The van der Waals surface area contributed by atoms with E-state index in [-0.39, 0.29) is 0 Å². The molecule has 0 aliphatic rings. The number of aryl methyl sites for hydroxylation is 1. The van der Waals surface area contributed by atoms with E-state index in [2.05, 4.69) is 51.8 Å². The van der Waals surface area contributed by atoms with Gasteiger partial charge in [0, 0.05) is 33.0 Å². The maximum Gasteiger partial charge on any atom is 0.224 e. The molecular formula is C16H22N4O. The summed E-state index contributed by atoms with van der Waals surface area (Å²) < 4.78 is 5.01. The number of hydrogen-bond acceptors (Lipinski definition) is 5. The molecule has 0 saturated carbocycles. The summed E-state index contributed by atoms with van der Waals surface area (Å²) in [6, 6.07) is 10.3. The summed E-state index contributed by atoms with van der Waals surface area (Å²) in [6.07, 6.45) is 2.68. The van der Waals surface area contributed by atoms with Gasteiger partial charge in [-0.1, -0.05) is 29.8 Å². The largest absolute Gasteiger partial charge is 0.385 e. The molecule has 0 aliphatic carbocycles. The van der Waals surface area contributed by atoms with E-state index in [0.29, 0.717) is 5.95 Å². The highest BCUT2D eigenvalue weighted by Gasteiger charge is 1.99. The lowest BCUT2D eigenvalue weighted by Gasteiger charge is -2.08. The van der Waals surface area contributed by atoms with Crippen molar-refractivity contribution in [3.8, 4) is 0 Å². The van der Waals surface area contributed by atoms with Crippen molar-refractivity contribution in [1.82, 2.24) is 9.97 Å². The minimum atomic E-state index is 0.639. The van der Waals surface area contributed by atoms with Gasteiger partial charge in [0.2, 0.25) is 5.95 Å². The first-order valence-electron chi connectivity index (χ1n) is 7.13. The molecule has 0 saturated heterocycles. The summed E-state index contributed by atoms with van der Waals surface area (Å²) in [5.74, 6) is 1.46. The SMILES string of the molecule is COCCCNc1nccc(NCc2ccc(C)cc2)n1. The van der Waals surface area contributed by atoms with Gasteiger partial charge in [-0.25, -0.2) is 4.98 Å². The fourth-order valence-corrected chi connectivity index (χ4v) is 1.86. The molecule has 0 radical (unpaired) electrons. The highest BCUT2D eigenvalue weighted by atomic mass is 16.5. The Morgan fingerprint density at radius 2 is 1.90 bits per heavy atom. The molecular weight excluding hydrogens is 264 g/mol. The molecule has 0 unspecified atom stereocenters. The molecule has 2 aromatic rings. The maximum atomic E-state index is 5.01. The predicted molar refractivity (Wildman–Crippen MR) is 85.5 cm³/mol. The highest BCUT2D eigenvalue weighted by Crippen LogP contribution is 2.09. The number of methoxy groups -OCH3 is 1. The van der Waals surface area contributed by atoms with Crippen LogP contribution in [0.4, 0.5) is 11.8 Å². The zero-order valence-corrected chi connectivity index (χ0v) is 12.6. The summed E-state index contributed by atoms with van der Waals surface area (Å²) in [5, 5.41) is 6.49. The smallest absolute Gasteiger partial charge is 0.224 e. The third-order valence-corrected chi connectivity index (χ3v) is 3.06. The molecule has 0 fully saturated rings. The predicted octanol–water partition coefficient (Wildman–Crippen LogP) is 2.85. The molecule has 0 atom stereocenters. The second-order valence-corrected chi connectivity index (χ2v) is 4.88. The molecule has 1 aromatic carbocycles. The highest BCUT2D eigenvalue weighted by molar-refractivity contribution is 5.40. The summed E-state index contributed by atoms with van der Waals surface area (Å²) in [5.41, 5.74) is 2.50. The van der Waals surface area contributed by atoms with Crippen LogP contribution in [0.15, 0.2) is 36.5 Å². The van der Waals surface area contributed by atoms with Crippen molar-refractivity contribution in [1.29, 1.82) is 0 Å². The van der Waals surface area contributed by atoms with Gasteiger partial charge < -0.3 is 15.4 Å². The first-order chi connectivity index (χ1) is 10.3. The molecule has 21 heavy (non-hydrogen) atoms. The van der Waals surface area contributed by atoms with Gasteiger partial charge in [-0.15, -0.1) is 0 Å². The summed E-state index contributed by atoms with van der Waals surface area (Å²) in [7, 11) is 1.70. The first-order valence-corrected chi connectivity index (χ1v) is 7.13. The number of rotatable bonds is 8. The molecule has 0 aliphatic heterocycles. The van der Waals surface area contributed by atoms with Crippen LogP contribution in [0, 0.1) is 6.92 Å². The molecule has 0 bridgehead atoms. The molecule has 5 heteroatoms. The van der Waals surface area contributed by atoms with Crippen LogP contribution in [0.1, 0.15) is 17.5 Å². The molecule has 2 N–H and O–H groups in total. The second kappa shape index (κ2) is 8.21. The molecule has 112 valence electrons. The molecule has 1 heterocycles. The van der Waals surface area contributed by atoms with Crippen LogP contribution < -0.4 is 10.6 Å². The van der Waals surface area contributed by atoms with Gasteiger partial charge in [0.15, 0.2) is 0 Å². The number of benzene rings is 1. The van der Waals surface area contributed by atoms with E-state index in [9.17, 15) is 0 Å². The van der Waals surface area contributed by atoms with Gasteiger partial charge in [-0.05, 0) is 25.0 Å². The van der Waals surface area contributed by atoms with Crippen LogP contribution in [0.5, 0.6) is 0 Å². The Labute approximate surface area is 125 Å². The zero-order valence-electron chi connectivity index (χ0n) is 12.6. The summed E-state index contributed by atoms with van der Waals surface area (Å²) >= 11 is 0. The minimum Gasteiger partial charge on any atom is -0.385 e. The van der Waals surface area contributed by atoms with Gasteiger partial charge >= 0.3 is 0 Å². The van der Waals surface area contributed by atoms with E-state index in [1.807, 2.05) is 6.07 Å². The van der Waals surface area contributed by atoms with E-state index < -0.39 is 0 Å². The van der Waals surface area contributed by atoms with Crippen molar-refractivity contribution >= 4 is 11.8 Å². The average Bonchev–Trinajstić information content (AvgIpc) is 2.52. The van der Waals surface area contributed by atoms with Crippen molar-refractivity contribution in [2.24, 2.45) is 0 Å². The number of aromatic nitrogens is 2. The van der Waals surface area contributed by atoms with Crippen molar-refractivity contribution in [3.63, 3.8) is 0 Å². The average molecular weight is 286 g/mol. The first kappa shape index (κ1) is 15.3. The molecule has 0 spiro atoms. The lowest BCUT2D eigenvalue weighted by Crippen LogP contribution is -2.09. The van der Waals surface area contributed by atoms with Gasteiger partial charge in [-0.2, -0.15) is 4.98 Å². The lowest BCUT2D eigenvalue weighted by molar-refractivity contribution is 0.197. The molecule has 0 amide bonds. The van der Waals surface area contributed by atoms with E-state index in [0.717, 1.165) is 31.9 Å². The van der Waals surface area contributed by atoms with Crippen LogP contribution in [-0.2, 0) is 11.3 Å². The van der Waals surface area contributed by atoms with Gasteiger partial charge in [0.25, 0.3) is 0 Å². The Kier molecular flexibility index (Phi) is 5.97. The minimum absolute atomic E-state index is 0.639. The summed E-state index contributed by atoms with van der Waals surface area (Å²) in [4.78, 5) is 8.63. The molecule has 2 rings (SSSR count). The third kappa shape index (κ3) is 5.39. The Morgan fingerprint density at radius 3 is 2.67 bits per heavy atom. The van der Waals surface area contributed by atoms with Crippen molar-refractivity contribution in [2.75, 3.05) is 30.9 Å².